The topological polar surface area (TPSA) is 155 Å². The highest BCUT2D eigenvalue weighted by molar-refractivity contribution is 5.63. The molecule has 0 unspecified atom stereocenters. The second kappa shape index (κ2) is 5.57. The Morgan fingerprint density at radius 2 is 2.00 bits per heavy atom. The van der Waals surface area contributed by atoms with E-state index < -0.39 is 27.8 Å². The quantitative estimate of drug-likeness (QED) is 0.279. The number of nitro benzene ring substituents is 2. The normalized spacial score (nSPS) is 9.61. The summed E-state index contributed by atoms with van der Waals surface area (Å²) in [6.07, 6.45) is -0.136. The number of aliphatic hydroxyl groups is 1. The molecule has 0 aliphatic rings. The second-order valence-electron chi connectivity index (χ2n) is 3.14. The maximum Gasteiger partial charge on any atom is 0.280 e. The van der Waals surface area contributed by atoms with Crippen LogP contribution in [0.2, 0.25) is 0 Å². The van der Waals surface area contributed by atoms with Gasteiger partial charge in [0.25, 0.3) is 11.4 Å². The van der Waals surface area contributed by atoms with Crippen LogP contribution in [0, 0.1) is 20.2 Å². The first kappa shape index (κ1) is 13.4. The van der Waals surface area contributed by atoms with E-state index in [4.69, 9.17) is 10.6 Å². The fourth-order valence-corrected chi connectivity index (χ4v) is 1.40. The Balaban J connectivity index is 3.58. The van der Waals surface area contributed by atoms with Gasteiger partial charge in [-0.3, -0.25) is 20.2 Å². The summed E-state index contributed by atoms with van der Waals surface area (Å²) in [5, 5.41) is 33.4. The molecule has 10 nitrogen and oxygen atoms in total. The molecule has 1 rings (SSSR count). The van der Waals surface area contributed by atoms with Gasteiger partial charge in [-0.05, 0) is 5.53 Å². The van der Waals surface area contributed by atoms with Crippen LogP contribution in [0.5, 0.6) is 0 Å². The molecule has 0 amide bonds. The zero-order chi connectivity index (χ0) is 13.7. The molecule has 1 aromatic carbocycles. The number of rotatable bonds is 5. The van der Waals surface area contributed by atoms with Crippen molar-refractivity contribution in [2.24, 2.45) is 5.11 Å². The van der Waals surface area contributed by atoms with E-state index in [0.29, 0.717) is 0 Å². The smallest absolute Gasteiger partial charge is 0.280 e. The third-order valence-corrected chi connectivity index (χ3v) is 2.11. The number of azide groups is 1. The van der Waals surface area contributed by atoms with E-state index in [1.54, 1.807) is 0 Å². The Morgan fingerprint density at radius 3 is 2.44 bits per heavy atom. The average molecular weight is 253 g/mol. The summed E-state index contributed by atoms with van der Waals surface area (Å²) in [4.78, 5) is 22.2. The SMILES string of the molecule is [N-]=[N+]=Nc1cc([N+](=O)[O-])cc([N+](=O)[O-])c1CCO. The van der Waals surface area contributed by atoms with E-state index in [-0.39, 0.29) is 17.7 Å². The molecule has 0 saturated heterocycles. The van der Waals surface area contributed by atoms with Crippen LogP contribution in [0.25, 0.3) is 10.4 Å². The molecule has 0 bridgehead atoms. The second-order valence-corrected chi connectivity index (χ2v) is 3.14. The lowest BCUT2D eigenvalue weighted by molar-refractivity contribution is -0.394. The summed E-state index contributed by atoms with van der Waals surface area (Å²) < 4.78 is 0. The molecule has 10 heteroatoms. The molecule has 0 aliphatic heterocycles. The van der Waals surface area contributed by atoms with Gasteiger partial charge in [0.1, 0.15) is 0 Å². The fraction of sp³-hybridized carbons (Fsp3) is 0.250. The van der Waals surface area contributed by atoms with Crippen molar-refractivity contribution in [3.63, 3.8) is 0 Å². The van der Waals surface area contributed by atoms with Crippen LogP contribution >= 0.6 is 0 Å². The number of hydrogen-bond donors (Lipinski definition) is 1. The Kier molecular flexibility index (Phi) is 4.13. The Bertz CT molecular complexity index is 528. The van der Waals surface area contributed by atoms with Gasteiger partial charge in [0.15, 0.2) is 0 Å². The highest BCUT2D eigenvalue weighted by Crippen LogP contribution is 2.34. The predicted octanol–water partition coefficient (Wildman–Crippen LogP) is 1.98. The summed E-state index contributed by atoms with van der Waals surface area (Å²) in [6.45, 7) is -0.410. The Hall–Kier alpha value is -2.71. The lowest BCUT2D eigenvalue weighted by Gasteiger charge is -2.04. The molecule has 0 spiro atoms. The van der Waals surface area contributed by atoms with Gasteiger partial charge in [0, 0.05) is 29.6 Å². The molecule has 1 aromatic rings. The summed E-state index contributed by atoms with van der Waals surface area (Å²) in [5.74, 6) is 0. The molecular weight excluding hydrogens is 246 g/mol. The fourth-order valence-electron chi connectivity index (χ4n) is 1.40. The number of aliphatic hydroxyl groups excluding tert-OH is 1. The van der Waals surface area contributed by atoms with E-state index in [9.17, 15) is 20.2 Å². The van der Waals surface area contributed by atoms with Crippen molar-refractivity contribution in [3.05, 3.63) is 48.4 Å². The van der Waals surface area contributed by atoms with Crippen LogP contribution in [0.1, 0.15) is 5.56 Å². The van der Waals surface area contributed by atoms with Gasteiger partial charge >= 0.3 is 0 Å². The predicted molar refractivity (Wildman–Crippen MR) is 59.3 cm³/mol. The van der Waals surface area contributed by atoms with Gasteiger partial charge < -0.3 is 5.11 Å². The van der Waals surface area contributed by atoms with Crippen molar-refractivity contribution in [1.29, 1.82) is 0 Å². The number of hydrogen-bond acceptors (Lipinski definition) is 6. The zero-order valence-electron chi connectivity index (χ0n) is 8.89. The third-order valence-electron chi connectivity index (χ3n) is 2.11. The molecule has 0 atom stereocenters. The minimum atomic E-state index is -0.827. The lowest BCUT2D eigenvalue weighted by Crippen LogP contribution is -2.00. The largest absolute Gasteiger partial charge is 0.396 e. The number of nitrogens with zero attached hydrogens (tertiary/aromatic N) is 5. The van der Waals surface area contributed by atoms with Crippen LogP contribution in [0.3, 0.4) is 0 Å². The van der Waals surface area contributed by atoms with E-state index in [2.05, 4.69) is 10.0 Å². The Labute approximate surface area is 99.4 Å². The minimum absolute atomic E-state index is 0.0362. The first-order valence-corrected chi connectivity index (χ1v) is 4.63. The van der Waals surface area contributed by atoms with Crippen molar-refractivity contribution in [1.82, 2.24) is 0 Å². The van der Waals surface area contributed by atoms with E-state index in [1.807, 2.05) is 0 Å². The maximum atomic E-state index is 10.8. The number of non-ortho nitro benzene ring substituents is 1. The number of nitro groups is 2. The van der Waals surface area contributed by atoms with Crippen molar-refractivity contribution >= 4 is 17.1 Å². The average Bonchev–Trinajstić information content (AvgIpc) is 2.30. The molecule has 94 valence electrons. The molecule has 0 aromatic heterocycles. The van der Waals surface area contributed by atoms with E-state index in [1.165, 1.54) is 0 Å². The van der Waals surface area contributed by atoms with Crippen molar-refractivity contribution in [2.75, 3.05) is 6.61 Å². The van der Waals surface area contributed by atoms with Crippen LogP contribution in [0.4, 0.5) is 17.1 Å². The standard InChI is InChI=1S/C8H7N5O5/c9-11-10-7-3-5(12(15)16)4-8(13(17)18)6(7)1-2-14/h3-4,14H,1-2H2. The number of benzene rings is 1. The summed E-state index contributed by atoms with van der Waals surface area (Å²) in [5.41, 5.74) is 6.96. The van der Waals surface area contributed by atoms with Gasteiger partial charge in [-0.15, -0.1) is 0 Å². The molecule has 0 radical (unpaired) electrons. The van der Waals surface area contributed by atoms with Gasteiger partial charge in [-0.25, -0.2) is 0 Å². The molecule has 0 heterocycles. The molecule has 1 N–H and O–H groups in total. The minimum Gasteiger partial charge on any atom is -0.396 e. The lowest BCUT2D eigenvalue weighted by atomic mass is 10.1. The van der Waals surface area contributed by atoms with Crippen LogP contribution in [-0.2, 0) is 6.42 Å². The van der Waals surface area contributed by atoms with Gasteiger partial charge in [-0.1, -0.05) is 5.11 Å². The van der Waals surface area contributed by atoms with E-state index in [0.717, 1.165) is 12.1 Å². The van der Waals surface area contributed by atoms with Gasteiger partial charge in [0.2, 0.25) is 0 Å². The maximum absolute atomic E-state index is 10.8. The molecule has 0 fully saturated rings. The van der Waals surface area contributed by atoms with Gasteiger partial charge in [-0.2, -0.15) is 0 Å². The van der Waals surface area contributed by atoms with Crippen molar-refractivity contribution < 1.29 is 15.0 Å². The van der Waals surface area contributed by atoms with Crippen LogP contribution < -0.4 is 0 Å². The van der Waals surface area contributed by atoms with Crippen molar-refractivity contribution in [2.45, 2.75) is 6.42 Å². The first-order valence-electron chi connectivity index (χ1n) is 4.63. The highest BCUT2D eigenvalue weighted by Gasteiger charge is 2.22. The monoisotopic (exact) mass is 253 g/mol. The van der Waals surface area contributed by atoms with Gasteiger partial charge in [0.05, 0.1) is 21.6 Å². The van der Waals surface area contributed by atoms with E-state index >= 15 is 0 Å². The third kappa shape index (κ3) is 2.70. The molecule has 18 heavy (non-hydrogen) atoms. The zero-order valence-corrected chi connectivity index (χ0v) is 8.89. The van der Waals surface area contributed by atoms with Crippen LogP contribution in [-0.4, -0.2) is 21.6 Å². The molecular formula is C8H7N5O5. The summed E-state index contributed by atoms with van der Waals surface area (Å²) >= 11 is 0. The first-order chi connectivity index (χ1) is 8.51. The molecule has 0 saturated carbocycles. The summed E-state index contributed by atoms with van der Waals surface area (Å²) in [6, 6.07) is 1.69. The highest BCUT2D eigenvalue weighted by atomic mass is 16.6. The van der Waals surface area contributed by atoms with Crippen LogP contribution in [0.15, 0.2) is 17.2 Å². The Morgan fingerprint density at radius 1 is 1.33 bits per heavy atom. The van der Waals surface area contributed by atoms with Crippen molar-refractivity contribution in [3.8, 4) is 0 Å². The summed E-state index contributed by atoms with van der Waals surface area (Å²) in [7, 11) is 0. The molecule has 0 aliphatic carbocycles.